The van der Waals surface area contributed by atoms with Gasteiger partial charge in [-0.15, -0.1) is 0 Å². The molecule has 0 bridgehead atoms. The summed E-state index contributed by atoms with van der Waals surface area (Å²) < 4.78 is 6.14. The molecule has 2 atom stereocenters. The highest BCUT2D eigenvalue weighted by Crippen LogP contribution is 2.37. The number of ether oxygens (including phenoxy) is 1. The molecule has 5 rings (SSSR count). The molecule has 0 spiro atoms. The van der Waals surface area contributed by atoms with Crippen LogP contribution in [0.3, 0.4) is 0 Å². The van der Waals surface area contributed by atoms with E-state index in [1.165, 1.54) is 33.4 Å². The lowest BCUT2D eigenvalue weighted by atomic mass is 9.78. The lowest BCUT2D eigenvalue weighted by Crippen LogP contribution is -2.42. The summed E-state index contributed by atoms with van der Waals surface area (Å²) in [6.07, 6.45) is 6.93. The van der Waals surface area contributed by atoms with Crippen molar-refractivity contribution in [3.63, 3.8) is 0 Å². The Morgan fingerprint density at radius 3 is 2.79 bits per heavy atom. The van der Waals surface area contributed by atoms with E-state index in [0.29, 0.717) is 5.92 Å². The maximum atomic E-state index is 11.4. The summed E-state index contributed by atoms with van der Waals surface area (Å²) in [6.45, 7) is 3.69. The van der Waals surface area contributed by atoms with Crippen LogP contribution in [0.25, 0.3) is 5.57 Å². The number of hydrogen-bond acceptors (Lipinski definition) is 3. The first kappa shape index (κ1) is 18.5. The summed E-state index contributed by atoms with van der Waals surface area (Å²) in [4.78, 5) is 13.5. The van der Waals surface area contributed by atoms with Gasteiger partial charge in [0.2, 0.25) is 5.24 Å². The molecule has 2 aliphatic carbocycles. The molecule has 1 heterocycles. The van der Waals surface area contributed by atoms with Crippen LogP contribution in [0.4, 0.5) is 0 Å². The Morgan fingerprint density at radius 1 is 1.17 bits per heavy atom. The van der Waals surface area contributed by atoms with Gasteiger partial charge >= 0.3 is 0 Å². The predicted octanol–water partition coefficient (Wildman–Crippen LogP) is 5.09. The number of allylic oxidation sites excluding steroid dienone is 1. The van der Waals surface area contributed by atoms with E-state index in [0.717, 1.165) is 38.2 Å². The minimum Gasteiger partial charge on any atom is -0.493 e. The Balaban J connectivity index is 1.26. The normalized spacial score (nSPS) is 21.8. The molecule has 148 valence electrons. The van der Waals surface area contributed by atoms with E-state index < -0.39 is 0 Å². The van der Waals surface area contributed by atoms with Gasteiger partial charge in [0.15, 0.2) is 0 Å². The SMILES string of the molecule is CC1=C(CN2C=CC2C(=O)Cl)CCc2cc(OCC3Cc4ccccc43)ccc21. The Labute approximate surface area is 176 Å². The highest BCUT2D eigenvalue weighted by atomic mass is 35.5. The third-order valence-electron chi connectivity index (χ3n) is 6.54. The number of halogens is 1. The molecule has 0 aromatic heterocycles. The lowest BCUT2D eigenvalue weighted by molar-refractivity contribution is -0.115. The van der Waals surface area contributed by atoms with Gasteiger partial charge in [0, 0.05) is 12.5 Å². The van der Waals surface area contributed by atoms with Crippen molar-refractivity contribution in [3.05, 3.63) is 82.6 Å². The van der Waals surface area contributed by atoms with Crippen LogP contribution in [-0.2, 0) is 17.6 Å². The van der Waals surface area contributed by atoms with Crippen molar-refractivity contribution in [3.8, 4) is 5.75 Å². The van der Waals surface area contributed by atoms with Crippen LogP contribution in [0.2, 0.25) is 0 Å². The molecular formula is C25H24ClNO2. The molecule has 0 amide bonds. The molecule has 2 unspecified atom stereocenters. The van der Waals surface area contributed by atoms with Crippen molar-refractivity contribution >= 4 is 22.4 Å². The monoisotopic (exact) mass is 405 g/mol. The number of aryl methyl sites for hydroxylation is 1. The van der Waals surface area contributed by atoms with Crippen LogP contribution in [0, 0.1) is 0 Å². The molecule has 3 nitrogen and oxygen atoms in total. The molecule has 29 heavy (non-hydrogen) atoms. The molecule has 0 fully saturated rings. The lowest BCUT2D eigenvalue weighted by Gasteiger charge is -2.35. The van der Waals surface area contributed by atoms with Gasteiger partial charge in [-0.3, -0.25) is 4.79 Å². The largest absolute Gasteiger partial charge is 0.493 e. The second-order valence-corrected chi connectivity index (χ2v) is 8.59. The molecule has 2 aromatic carbocycles. The minimum absolute atomic E-state index is 0.272. The van der Waals surface area contributed by atoms with Crippen LogP contribution in [0.5, 0.6) is 5.75 Å². The van der Waals surface area contributed by atoms with Crippen LogP contribution >= 0.6 is 11.6 Å². The number of carbonyl (C=O) groups is 1. The van der Waals surface area contributed by atoms with Crippen molar-refractivity contribution in [2.45, 2.75) is 38.1 Å². The average molecular weight is 406 g/mol. The molecule has 0 radical (unpaired) electrons. The van der Waals surface area contributed by atoms with Gasteiger partial charge in [-0.05, 0) is 95.6 Å². The Kier molecular flexibility index (Phi) is 4.71. The van der Waals surface area contributed by atoms with Gasteiger partial charge in [-0.25, -0.2) is 0 Å². The van der Waals surface area contributed by atoms with E-state index >= 15 is 0 Å². The molecule has 3 aliphatic rings. The van der Waals surface area contributed by atoms with Crippen LogP contribution in [-0.4, -0.2) is 29.3 Å². The van der Waals surface area contributed by atoms with Crippen molar-refractivity contribution in [2.75, 3.05) is 13.2 Å². The standard InChI is InChI=1S/C25H24ClNO2/c1-16-19(14-27-11-10-24(27)25(26)28)7-6-18-13-21(8-9-22(16)18)29-15-20-12-17-4-2-3-5-23(17)20/h2-5,8-11,13,20,24H,6-7,12,14-15H2,1H3. The van der Waals surface area contributed by atoms with Crippen LogP contribution in [0.15, 0.2) is 60.3 Å². The Hall–Kier alpha value is -2.52. The summed E-state index contributed by atoms with van der Waals surface area (Å²) in [7, 11) is 0. The zero-order chi connectivity index (χ0) is 20.0. The number of nitrogens with zero attached hydrogens (tertiary/aromatic N) is 1. The molecule has 4 heteroatoms. The third-order valence-corrected chi connectivity index (χ3v) is 6.77. The van der Waals surface area contributed by atoms with Crippen LogP contribution < -0.4 is 4.74 Å². The van der Waals surface area contributed by atoms with E-state index in [9.17, 15) is 4.79 Å². The van der Waals surface area contributed by atoms with E-state index in [2.05, 4.69) is 49.4 Å². The zero-order valence-electron chi connectivity index (χ0n) is 16.5. The Bertz CT molecular complexity index is 1040. The van der Waals surface area contributed by atoms with E-state index in [-0.39, 0.29) is 11.3 Å². The fourth-order valence-electron chi connectivity index (χ4n) is 4.67. The molecule has 2 aromatic rings. The number of rotatable bonds is 6. The first-order valence-electron chi connectivity index (χ1n) is 10.3. The molecular weight excluding hydrogens is 382 g/mol. The maximum absolute atomic E-state index is 11.4. The highest BCUT2D eigenvalue weighted by molar-refractivity contribution is 6.65. The van der Waals surface area contributed by atoms with Gasteiger partial charge in [0.05, 0.1) is 6.61 Å². The summed E-state index contributed by atoms with van der Waals surface area (Å²) in [5.41, 5.74) is 8.22. The van der Waals surface area contributed by atoms with E-state index in [4.69, 9.17) is 16.3 Å². The first-order chi connectivity index (χ1) is 14.1. The fourth-order valence-corrected chi connectivity index (χ4v) is 4.87. The van der Waals surface area contributed by atoms with Gasteiger partial charge in [-0.2, -0.15) is 0 Å². The summed E-state index contributed by atoms with van der Waals surface area (Å²) in [5.74, 6) is 1.47. The highest BCUT2D eigenvalue weighted by Gasteiger charge is 2.28. The average Bonchev–Trinajstić information content (AvgIpc) is 2.67. The zero-order valence-corrected chi connectivity index (χ0v) is 17.3. The molecule has 0 saturated heterocycles. The van der Waals surface area contributed by atoms with E-state index in [1.807, 2.05) is 17.2 Å². The summed E-state index contributed by atoms with van der Waals surface area (Å²) >= 11 is 5.66. The Morgan fingerprint density at radius 2 is 2.03 bits per heavy atom. The smallest absolute Gasteiger partial charge is 0.248 e. The molecule has 0 saturated carbocycles. The first-order valence-corrected chi connectivity index (χ1v) is 10.6. The summed E-state index contributed by atoms with van der Waals surface area (Å²) in [6, 6.07) is 14.8. The molecule has 1 aliphatic heterocycles. The van der Waals surface area contributed by atoms with Crippen LogP contribution in [0.1, 0.15) is 41.5 Å². The van der Waals surface area contributed by atoms with Gasteiger partial charge in [0.25, 0.3) is 0 Å². The minimum atomic E-state index is -0.308. The van der Waals surface area contributed by atoms with Crippen molar-refractivity contribution in [2.24, 2.45) is 0 Å². The predicted molar refractivity (Wildman–Crippen MR) is 116 cm³/mol. The van der Waals surface area contributed by atoms with Crippen molar-refractivity contribution < 1.29 is 9.53 Å². The number of benzene rings is 2. The number of hydrogen-bond donors (Lipinski definition) is 0. The quantitative estimate of drug-likeness (QED) is 0.627. The number of fused-ring (bicyclic) bond motifs is 2. The second-order valence-electron chi connectivity index (χ2n) is 8.22. The second kappa shape index (κ2) is 7.38. The topological polar surface area (TPSA) is 29.5 Å². The number of carbonyl (C=O) groups excluding carboxylic acids is 1. The van der Waals surface area contributed by atoms with Gasteiger partial charge < -0.3 is 9.64 Å². The third kappa shape index (κ3) is 3.38. The summed E-state index contributed by atoms with van der Waals surface area (Å²) in [5, 5.41) is -0.308. The van der Waals surface area contributed by atoms with Crippen molar-refractivity contribution in [1.82, 2.24) is 4.90 Å². The van der Waals surface area contributed by atoms with Gasteiger partial charge in [-0.1, -0.05) is 30.3 Å². The van der Waals surface area contributed by atoms with Gasteiger partial charge in [0.1, 0.15) is 11.8 Å². The van der Waals surface area contributed by atoms with E-state index in [1.54, 1.807) is 0 Å². The maximum Gasteiger partial charge on any atom is 0.248 e. The molecule has 0 N–H and O–H groups in total. The fraction of sp³-hybridized carbons (Fsp3) is 0.320. The van der Waals surface area contributed by atoms with Crippen molar-refractivity contribution in [1.29, 1.82) is 0 Å².